The predicted octanol–water partition coefficient (Wildman–Crippen LogP) is 0.752. The van der Waals surface area contributed by atoms with Gasteiger partial charge in [-0.05, 0) is 6.07 Å². The second-order valence-corrected chi connectivity index (χ2v) is 2.26. The van der Waals surface area contributed by atoms with E-state index in [1.807, 2.05) is 0 Å². The molecule has 10 heavy (non-hydrogen) atoms. The minimum Gasteiger partial charge on any atom is -0.266 e. The van der Waals surface area contributed by atoms with Gasteiger partial charge in [0.05, 0.1) is 0 Å². The van der Waals surface area contributed by atoms with Crippen molar-refractivity contribution < 1.29 is 0 Å². The van der Waals surface area contributed by atoms with Gasteiger partial charge in [0, 0.05) is 31.2 Å². The van der Waals surface area contributed by atoms with Gasteiger partial charge in [-0.3, -0.25) is 9.83 Å². The Morgan fingerprint density at radius 2 is 2.50 bits per heavy atom. The summed E-state index contributed by atoms with van der Waals surface area (Å²) >= 11 is 5.47. The van der Waals surface area contributed by atoms with Crippen LogP contribution in [0.3, 0.4) is 0 Å². The summed E-state index contributed by atoms with van der Waals surface area (Å²) in [6.07, 6.45) is 3.25. The first-order chi connectivity index (χ1) is 4.72. The molecule has 0 unspecified atom stereocenters. The minimum atomic E-state index is 0.131. The molecule has 1 heterocycles. The summed E-state index contributed by atoms with van der Waals surface area (Å²) < 4.78 is 2.53. The van der Waals surface area contributed by atoms with Crippen molar-refractivity contribution in [3.8, 4) is 0 Å². The minimum absolute atomic E-state index is 0.131. The Hall–Kier alpha value is -1.03. The number of rotatable bonds is 0. The van der Waals surface area contributed by atoms with Crippen molar-refractivity contribution in [2.45, 2.75) is 0 Å². The van der Waals surface area contributed by atoms with Crippen molar-refractivity contribution in [2.75, 3.05) is 7.05 Å². The normalized spacial score (nSPS) is 9.40. The SMILES string of the molecule is CN(Cl)C(=N)n1cccn1. The fraction of sp³-hybridized carbons (Fsp3) is 0.200. The molecule has 1 aromatic heterocycles. The smallest absolute Gasteiger partial charge is 0.233 e. The Kier molecular flexibility index (Phi) is 1.91. The molecule has 0 spiro atoms. The van der Waals surface area contributed by atoms with Crippen LogP contribution in [0.5, 0.6) is 0 Å². The second-order valence-electron chi connectivity index (χ2n) is 1.75. The average molecular weight is 159 g/mol. The van der Waals surface area contributed by atoms with Crippen molar-refractivity contribution in [3.05, 3.63) is 18.5 Å². The van der Waals surface area contributed by atoms with E-state index in [1.165, 1.54) is 4.68 Å². The van der Waals surface area contributed by atoms with Crippen LogP contribution in [0.25, 0.3) is 0 Å². The molecule has 0 fully saturated rings. The number of halogens is 1. The molecule has 5 heteroatoms. The Bertz CT molecular complexity index is 216. The first-order valence-electron chi connectivity index (χ1n) is 2.70. The van der Waals surface area contributed by atoms with Crippen molar-refractivity contribution in [3.63, 3.8) is 0 Å². The van der Waals surface area contributed by atoms with Crippen molar-refractivity contribution in [2.24, 2.45) is 0 Å². The second kappa shape index (κ2) is 2.70. The van der Waals surface area contributed by atoms with Crippen LogP contribution in [-0.4, -0.2) is 27.2 Å². The van der Waals surface area contributed by atoms with Crippen LogP contribution in [-0.2, 0) is 0 Å². The topological polar surface area (TPSA) is 44.9 Å². The molecule has 0 saturated carbocycles. The Morgan fingerprint density at radius 3 is 2.90 bits per heavy atom. The molecule has 1 N–H and O–H groups in total. The van der Waals surface area contributed by atoms with Crippen LogP contribution in [0.1, 0.15) is 0 Å². The number of aromatic nitrogens is 2. The summed E-state index contributed by atoms with van der Waals surface area (Å²) in [5.41, 5.74) is 0. The van der Waals surface area contributed by atoms with Gasteiger partial charge in [0.2, 0.25) is 5.96 Å². The lowest BCUT2D eigenvalue weighted by Crippen LogP contribution is -2.24. The lowest BCUT2D eigenvalue weighted by atomic mass is 10.7. The van der Waals surface area contributed by atoms with Gasteiger partial charge in [-0.15, -0.1) is 0 Å². The van der Waals surface area contributed by atoms with Crippen LogP contribution in [0.4, 0.5) is 0 Å². The van der Waals surface area contributed by atoms with E-state index in [2.05, 4.69) is 5.10 Å². The average Bonchev–Trinajstić information content (AvgIpc) is 2.36. The van der Waals surface area contributed by atoms with Gasteiger partial charge < -0.3 is 0 Å². The zero-order valence-electron chi connectivity index (χ0n) is 5.45. The van der Waals surface area contributed by atoms with E-state index in [0.29, 0.717) is 0 Å². The largest absolute Gasteiger partial charge is 0.266 e. The highest BCUT2D eigenvalue weighted by atomic mass is 35.5. The highest BCUT2D eigenvalue weighted by Crippen LogP contribution is 1.92. The van der Waals surface area contributed by atoms with Crippen LogP contribution < -0.4 is 0 Å². The van der Waals surface area contributed by atoms with E-state index in [-0.39, 0.29) is 5.96 Å². The summed E-state index contributed by atoms with van der Waals surface area (Å²) in [6, 6.07) is 1.73. The molecule has 54 valence electrons. The van der Waals surface area contributed by atoms with Gasteiger partial charge in [0.1, 0.15) is 0 Å². The number of nitrogens with zero attached hydrogens (tertiary/aromatic N) is 3. The third-order valence-corrected chi connectivity index (χ3v) is 1.17. The van der Waals surface area contributed by atoms with Gasteiger partial charge in [-0.2, -0.15) is 5.10 Å². The summed E-state index contributed by atoms with van der Waals surface area (Å²) in [7, 11) is 1.57. The van der Waals surface area contributed by atoms with Gasteiger partial charge >= 0.3 is 0 Å². The maximum atomic E-state index is 7.30. The summed E-state index contributed by atoms with van der Waals surface area (Å²) in [5, 5.41) is 11.1. The Labute approximate surface area is 63.6 Å². The molecule has 1 aromatic rings. The highest BCUT2D eigenvalue weighted by molar-refractivity contribution is 6.21. The van der Waals surface area contributed by atoms with Gasteiger partial charge in [-0.1, -0.05) is 0 Å². The van der Waals surface area contributed by atoms with E-state index in [4.69, 9.17) is 17.2 Å². The predicted molar refractivity (Wildman–Crippen MR) is 39.0 cm³/mol. The molecule has 0 atom stereocenters. The van der Waals surface area contributed by atoms with E-state index in [9.17, 15) is 0 Å². The maximum Gasteiger partial charge on any atom is 0.233 e. The number of hydrogen-bond acceptors (Lipinski definition) is 2. The summed E-state index contributed by atoms with van der Waals surface area (Å²) in [4.78, 5) is 0. The lowest BCUT2D eigenvalue weighted by Gasteiger charge is -2.08. The van der Waals surface area contributed by atoms with Crippen molar-refractivity contribution >= 4 is 17.7 Å². The molecular weight excluding hydrogens is 152 g/mol. The van der Waals surface area contributed by atoms with Gasteiger partial charge in [0.15, 0.2) is 0 Å². The Morgan fingerprint density at radius 1 is 1.80 bits per heavy atom. The summed E-state index contributed by atoms with van der Waals surface area (Å²) in [6.45, 7) is 0. The molecule has 0 bridgehead atoms. The first-order valence-corrected chi connectivity index (χ1v) is 3.03. The fourth-order valence-corrected chi connectivity index (χ4v) is 0.613. The molecule has 0 aromatic carbocycles. The van der Waals surface area contributed by atoms with E-state index in [0.717, 1.165) is 4.42 Å². The molecule has 0 aliphatic rings. The van der Waals surface area contributed by atoms with Crippen LogP contribution in [0, 0.1) is 5.41 Å². The monoisotopic (exact) mass is 158 g/mol. The zero-order chi connectivity index (χ0) is 7.56. The van der Waals surface area contributed by atoms with Crippen LogP contribution in [0.15, 0.2) is 18.5 Å². The van der Waals surface area contributed by atoms with Gasteiger partial charge in [0.25, 0.3) is 0 Å². The molecule has 4 nitrogen and oxygen atoms in total. The third-order valence-electron chi connectivity index (χ3n) is 1.01. The quantitative estimate of drug-likeness (QED) is 0.344. The van der Waals surface area contributed by atoms with Crippen LogP contribution >= 0.6 is 11.8 Å². The van der Waals surface area contributed by atoms with Gasteiger partial charge in [-0.25, -0.2) is 4.68 Å². The molecule has 0 aliphatic heterocycles. The van der Waals surface area contributed by atoms with Crippen molar-refractivity contribution in [1.29, 1.82) is 5.41 Å². The molecular formula is C5H7ClN4. The summed E-state index contributed by atoms with van der Waals surface area (Å²) in [5.74, 6) is 0.131. The first kappa shape index (κ1) is 7.08. The van der Waals surface area contributed by atoms with E-state index in [1.54, 1.807) is 25.5 Å². The maximum absolute atomic E-state index is 7.30. The fourth-order valence-electron chi connectivity index (χ4n) is 0.535. The lowest BCUT2D eigenvalue weighted by molar-refractivity contribution is 0.723. The molecule has 0 amide bonds. The van der Waals surface area contributed by atoms with Crippen molar-refractivity contribution in [1.82, 2.24) is 14.2 Å². The molecule has 0 radical (unpaired) electrons. The van der Waals surface area contributed by atoms with E-state index < -0.39 is 0 Å². The molecule has 1 rings (SSSR count). The van der Waals surface area contributed by atoms with E-state index >= 15 is 0 Å². The number of nitrogens with one attached hydrogen (secondary N) is 1. The van der Waals surface area contributed by atoms with Crippen LogP contribution in [0.2, 0.25) is 0 Å². The Balaban J connectivity index is 2.78. The highest BCUT2D eigenvalue weighted by Gasteiger charge is 2.01. The molecule has 0 saturated heterocycles. The standard InChI is InChI=1S/C5H7ClN4/c1-9(6)5(7)10-4-2-3-8-10/h2-4,7H,1H3. The number of hydrogen-bond donors (Lipinski definition) is 1. The molecule has 0 aliphatic carbocycles. The zero-order valence-corrected chi connectivity index (χ0v) is 6.21. The third kappa shape index (κ3) is 1.27.